The lowest BCUT2D eigenvalue weighted by molar-refractivity contribution is -0.122. The second-order valence-electron chi connectivity index (χ2n) is 7.34. The molecule has 5 nitrogen and oxygen atoms in total. The van der Waals surface area contributed by atoms with Crippen LogP contribution in [0.4, 0.5) is 11.4 Å². The van der Waals surface area contributed by atoms with E-state index >= 15 is 0 Å². The average Bonchev–Trinajstić information content (AvgIpc) is 3.29. The normalized spacial score (nSPS) is 16.7. The first-order valence-corrected chi connectivity index (χ1v) is 10.4. The number of aromatic nitrogens is 1. The second-order valence-corrected chi connectivity index (χ2v) is 8.58. The van der Waals surface area contributed by atoms with Crippen molar-refractivity contribution >= 4 is 55.5 Å². The van der Waals surface area contributed by atoms with Gasteiger partial charge >= 0.3 is 0 Å². The predicted octanol–water partition coefficient (Wildman–Crippen LogP) is 4.75. The van der Waals surface area contributed by atoms with Crippen LogP contribution in [0.3, 0.4) is 0 Å². The third-order valence-electron chi connectivity index (χ3n) is 5.30. The molecule has 0 radical (unpaired) electrons. The summed E-state index contributed by atoms with van der Waals surface area (Å²) in [5.41, 5.74) is 2.44. The van der Waals surface area contributed by atoms with Crippen molar-refractivity contribution in [1.82, 2.24) is 4.98 Å². The zero-order valence-corrected chi connectivity index (χ0v) is 16.7. The molecule has 5 rings (SSSR count). The van der Waals surface area contributed by atoms with Gasteiger partial charge in [-0.25, -0.2) is 4.98 Å². The Kier molecular flexibility index (Phi) is 4.28. The third-order valence-corrected chi connectivity index (χ3v) is 6.25. The van der Waals surface area contributed by atoms with E-state index in [1.54, 1.807) is 16.2 Å². The van der Waals surface area contributed by atoms with Crippen LogP contribution in [0.1, 0.15) is 11.4 Å². The highest BCUT2D eigenvalue weighted by Gasteiger charge is 2.35. The molecule has 6 heteroatoms. The molecule has 0 saturated carbocycles. The molecule has 0 aliphatic carbocycles. The van der Waals surface area contributed by atoms with Crippen LogP contribution >= 0.6 is 11.3 Å². The monoisotopic (exact) mass is 401 g/mol. The van der Waals surface area contributed by atoms with E-state index in [-0.39, 0.29) is 24.2 Å². The van der Waals surface area contributed by atoms with E-state index < -0.39 is 0 Å². The van der Waals surface area contributed by atoms with Crippen LogP contribution in [0.15, 0.2) is 60.7 Å². The van der Waals surface area contributed by atoms with E-state index in [0.717, 1.165) is 37.4 Å². The van der Waals surface area contributed by atoms with Gasteiger partial charge in [0.15, 0.2) is 0 Å². The van der Waals surface area contributed by atoms with E-state index in [4.69, 9.17) is 0 Å². The third kappa shape index (κ3) is 3.36. The molecule has 3 aromatic carbocycles. The van der Waals surface area contributed by atoms with Gasteiger partial charge in [0.1, 0.15) is 0 Å². The molecule has 144 valence electrons. The van der Waals surface area contributed by atoms with Gasteiger partial charge in [-0.15, -0.1) is 11.3 Å². The Balaban J connectivity index is 1.33. The number of carbonyl (C=O) groups is 2. The second kappa shape index (κ2) is 6.97. The zero-order chi connectivity index (χ0) is 20.0. The summed E-state index contributed by atoms with van der Waals surface area (Å²) in [4.78, 5) is 31.6. The Bertz CT molecular complexity index is 1260. The summed E-state index contributed by atoms with van der Waals surface area (Å²) in [6, 6.07) is 19.7. The number of aryl methyl sites for hydroxylation is 1. The predicted molar refractivity (Wildman–Crippen MR) is 117 cm³/mol. The molecule has 2 amide bonds. The van der Waals surface area contributed by atoms with Gasteiger partial charge in [-0.05, 0) is 48.0 Å². The van der Waals surface area contributed by atoms with Crippen molar-refractivity contribution < 1.29 is 9.59 Å². The highest BCUT2D eigenvalue weighted by atomic mass is 32.1. The molecule has 29 heavy (non-hydrogen) atoms. The SMILES string of the molecule is Cc1nc2cc(N3CC(C(=O)Nc4ccc5ccccc5c4)CC3=O)ccc2s1. The molecule has 1 saturated heterocycles. The number of thiazole rings is 1. The van der Waals surface area contributed by atoms with Crippen LogP contribution in [0.2, 0.25) is 0 Å². The van der Waals surface area contributed by atoms with Gasteiger partial charge < -0.3 is 10.2 Å². The number of carbonyl (C=O) groups excluding carboxylic acids is 2. The van der Waals surface area contributed by atoms with Crippen molar-refractivity contribution in [3.05, 3.63) is 65.7 Å². The van der Waals surface area contributed by atoms with Gasteiger partial charge in [0, 0.05) is 24.3 Å². The molecule has 1 fully saturated rings. The molecule has 1 N–H and O–H groups in total. The number of hydrogen-bond donors (Lipinski definition) is 1. The number of fused-ring (bicyclic) bond motifs is 2. The van der Waals surface area contributed by atoms with Crippen molar-refractivity contribution in [2.24, 2.45) is 5.92 Å². The van der Waals surface area contributed by atoms with Crippen LogP contribution in [-0.4, -0.2) is 23.3 Å². The van der Waals surface area contributed by atoms with Crippen molar-refractivity contribution in [1.29, 1.82) is 0 Å². The Morgan fingerprint density at radius 3 is 2.79 bits per heavy atom. The topological polar surface area (TPSA) is 62.3 Å². The Labute approximate surface area is 172 Å². The fourth-order valence-electron chi connectivity index (χ4n) is 3.84. The minimum absolute atomic E-state index is 0.0324. The lowest BCUT2D eigenvalue weighted by Crippen LogP contribution is -2.28. The lowest BCUT2D eigenvalue weighted by Gasteiger charge is -2.17. The number of rotatable bonds is 3. The van der Waals surface area contributed by atoms with E-state index in [2.05, 4.69) is 10.3 Å². The summed E-state index contributed by atoms with van der Waals surface area (Å²) in [5, 5.41) is 6.17. The highest BCUT2D eigenvalue weighted by Crippen LogP contribution is 2.31. The number of hydrogen-bond acceptors (Lipinski definition) is 4. The molecule has 1 aliphatic rings. The first-order chi connectivity index (χ1) is 14.1. The zero-order valence-electron chi connectivity index (χ0n) is 15.9. The van der Waals surface area contributed by atoms with Crippen molar-refractivity contribution in [3.63, 3.8) is 0 Å². The molecule has 1 aromatic heterocycles. The minimum atomic E-state index is -0.373. The van der Waals surface area contributed by atoms with Crippen LogP contribution < -0.4 is 10.2 Å². The first-order valence-electron chi connectivity index (χ1n) is 9.54. The Morgan fingerprint density at radius 2 is 1.93 bits per heavy atom. The van der Waals surface area contributed by atoms with E-state index in [9.17, 15) is 9.59 Å². The molecular formula is C23H19N3O2S. The summed E-state index contributed by atoms with van der Waals surface area (Å²) < 4.78 is 1.10. The maximum absolute atomic E-state index is 12.8. The number of nitrogens with zero attached hydrogens (tertiary/aromatic N) is 2. The Morgan fingerprint density at radius 1 is 1.10 bits per heavy atom. The summed E-state index contributed by atoms with van der Waals surface area (Å²) in [5.74, 6) is -0.529. The molecule has 1 aliphatic heterocycles. The van der Waals surface area contributed by atoms with E-state index in [0.29, 0.717) is 6.54 Å². The number of benzene rings is 3. The molecule has 4 aromatic rings. The Hall–Kier alpha value is -3.25. The fourth-order valence-corrected chi connectivity index (χ4v) is 4.65. The molecule has 1 unspecified atom stereocenters. The summed E-state index contributed by atoms with van der Waals surface area (Å²) in [7, 11) is 0. The van der Waals surface area contributed by atoms with Crippen LogP contribution in [0.25, 0.3) is 21.0 Å². The van der Waals surface area contributed by atoms with Crippen LogP contribution in [-0.2, 0) is 9.59 Å². The van der Waals surface area contributed by atoms with Gasteiger partial charge in [0.2, 0.25) is 11.8 Å². The van der Waals surface area contributed by atoms with E-state index in [1.165, 1.54) is 0 Å². The molecular weight excluding hydrogens is 382 g/mol. The van der Waals surface area contributed by atoms with Gasteiger partial charge in [-0.2, -0.15) is 0 Å². The summed E-state index contributed by atoms with van der Waals surface area (Å²) in [6.45, 7) is 2.35. The number of nitrogens with one attached hydrogen (secondary N) is 1. The van der Waals surface area contributed by atoms with Crippen LogP contribution in [0, 0.1) is 12.8 Å². The maximum atomic E-state index is 12.8. The fraction of sp³-hybridized carbons (Fsp3) is 0.174. The van der Waals surface area contributed by atoms with Gasteiger partial charge in [0.25, 0.3) is 0 Å². The van der Waals surface area contributed by atoms with Gasteiger partial charge in [-0.3, -0.25) is 9.59 Å². The van der Waals surface area contributed by atoms with Gasteiger partial charge in [-0.1, -0.05) is 30.3 Å². The molecule has 2 heterocycles. The quantitative estimate of drug-likeness (QED) is 0.539. The summed E-state index contributed by atoms with van der Waals surface area (Å²) >= 11 is 1.63. The van der Waals surface area contributed by atoms with Crippen molar-refractivity contribution in [2.45, 2.75) is 13.3 Å². The molecule has 0 spiro atoms. The molecule has 0 bridgehead atoms. The van der Waals surface area contributed by atoms with Crippen molar-refractivity contribution in [2.75, 3.05) is 16.8 Å². The smallest absolute Gasteiger partial charge is 0.229 e. The molecule has 1 atom stereocenters. The minimum Gasteiger partial charge on any atom is -0.326 e. The summed E-state index contributed by atoms with van der Waals surface area (Å²) in [6.07, 6.45) is 0.216. The highest BCUT2D eigenvalue weighted by molar-refractivity contribution is 7.18. The number of anilines is 2. The standard InChI is InChI=1S/C23H19N3O2S/c1-14-24-20-12-19(8-9-21(20)29-14)26-13-17(11-22(26)27)23(28)25-18-7-6-15-4-2-3-5-16(15)10-18/h2-10,12,17H,11,13H2,1H3,(H,25,28). The first kappa shape index (κ1) is 17.8. The average molecular weight is 401 g/mol. The van der Waals surface area contributed by atoms with E-state index in [1.807, 2.05) is 67.6 Å². The number of amides is 2. The van der Waals surface area contributed by atoms with Crippen molar-refractivity contribution in [3.8, 4) is 0 Å². The van der Waals surface area contributed by atoms with Crippen LogP contribution in [0.5, 0.6) is 0 Å². The van der Waals surface area contributed by atoms with Gasteiger partial charge in [0.05, 0.1) is 21.1 Å². The lowest BCUT2D eigenvalue weighted by atomic mass is 10.1. The maximum Gasteiger partial charge on any atom is 0.229 e. The largest absolute Gasteiger partial charge is 0.326 e.